The van der Waals surface area contributed by atoms with E-state index >= 15 is 0 Å². The average Bonchev–Trinajstić information content (AvgIpc) is 2.34. The third-order valence-corrected chi connectivity index (χ3v) is 2.56. The van der Waals surface area contributed by atoms with Crippen molar-refractivity contribution in [3.8, 4) is 0 Å². The van der Waals surface area contributed by atoms with E-state index in [4.69, 9.17) is 0 Å². The van der Waals surface area contributed by atoms with E-state index in [1.165, 1.54) is 25.0 Å². The molecule has 58 valence electrons. The SMILES string of the molecule is C/N=C1/CCC(C(C)C)C1. The van der Waals surface area contributed by atoms with E-state index in [1.807, 2.05) is 7.05 Å². The summed E-state index contributed by atoms with van der Waals surface area (Å²) in [6, 6.07) is 0. The minimum atomic E-state index is 0.847. The molecular formula is C9H17N. The van der Waals surface area contributed by atoms with Gasteiger partial charge in [-0.15, -0.1) is 0 Å². The topological polar surface area (TPSA) is 12.4 Å². The number of hydrogen-bond acceptors (Lipinski definition) is 1. The molecule has 1 nitrogen and oxygen atoms in total. The fourth-order valence-corrected chi connectivity index (χ4v) is 1.63. The minimum absolute atomic E-state index is 0.847. The van der Waals surface area contributed by atoms with Gasteiger partial charge in [0.25, 0.3) is 0 Å². The molecule has 1 aliphatic carbocycles. The van der Waals surface area contributed by atoms with Crippen LogP contribution in [0, 0.1) is 11.8 Å². The normalized spacial score (nSPS) is 30.4. The van der Waals surface area contributed by atoms with Crippen LogP contribution in [0.25, 0.3) is 0 Å². The highest BCUT2D eigenvalue weighted by atomic mass is 14.7. The molecule has 1 fully saturated rings. The van der Waals surface area contributed by atoms with Crippen LogP contribution in [0.4, 0.5) is 0 Å². The summed E-state index contributed by atoms with van der Waals surface area (Å²) < 4.78 is 0. The molecule has 0 N–H and O–H groups in total. The Labute approximate surface area is 63.5 Å². The monoisotopic (exact) mass is 139 g/mol. The fourth-order valence-electron chi connectivity index (χ4n) is 1.63. The van der Waals surface area contributed by atoms with Gasteiger partial charge in [0.05, 0.1) is 0 Å². The van der Waals surface area contributed by atoms with Gasteiger partial charge in [0.15, 0.2) is 0 Å². The summed E-state index contributed by atoms with van der Waals surface area (Å²) in [6.45, 7) is 4.62. The Morgan fingerprint density at radius 3 is 2.50 bits per heavy atom. The molecule has 1 rings (SSSR count). The summed E-state index contributed by atoms with van der Waals surface area (Å²) in [5.74, 6) is 1.76. The molecule has 0 aromatic heterocycles. The first-order valence-corrected chi connectivity index (χ1v) is 4.18. The van der Waals surface area contributed by atoms with Crippen LogP contribution in [0.5, 0.6) is 0 Å². The maximum absolute atomic E-state index is 4.24. The summed E-state index contributed by atoms with van der Waals surface area (Å²) in [4.78, 5) is 4.24. The highest BCUT2D eigenvalue weighted by Crippen LogP contribution is 2.29. The van der Waals surface area contributed by atoms with Crippen molar-refractivity contribution in [2.75, 3.05) is 7.05 Å². The second-order valence-corrected chi connectivity index (χ2v) is 3.54. The Morgan fingerprint density at radius 2 is 2.20 bits per heavy atom. The van der Waals surface area contributed by atoms with Crippen molar-refractivity contribution < 1.29 is 0 Å². The van der Waals surface area contributed by atoms with E-state index in [9.17, 15) is 0 Å². The lowest BCUT2D eigenvalue weighted by atomic mass is 9.95. The van der Waals surface area contributed by atoms with Crippen molar-refractivity contribution in [3.63, 3.8) is 0 Å². The maximum Gasteiger partial charge on any atom is 0.0276 e. The van der Waals surface area contributed by atoms with E-state index in [2.05, 4.69) is 18.8 Å². The van der Waals surface area contributed by atoms with Gasteiger partial charge in [0, 0.05) is 12.8 Å². The van der Waals surface area contributed by atoms with Gasteiger partial charge in [-0.05, 0) is 31.1 Å². The van der Waals surface area contributed by atoms with E-state index in [0.717, 1.165) is 11.8 Å². The second kappa shape index (κ2) is 3.18. The van der Waals surface area contributed by atoms with Gasteiger partial charge in [-0.1, -0.05) is 13.8 Å². The third-order valence-electron chi connectivity index (χ3n) is 2.56. The van der Waals surface area contributed by atoms with Crippen molar-refractivity contribution in [1.82, 2.24) is 0 Å². The van der Waals surface area contributed by atoms with Crippen LogP contribution in [0.15, 0.2) is 4.99 Å². The van der Waals surface area contributed by atoms with Crippen LogP contribution in [-0.2, 0) is 0 Å². The summed E-state index contributed by atoms with van der Waals surface area (Å²) in [7, 11) is 1.91. The first kappa shape index (κ1) is 7.77. The molecule has 1 atom stereocenters. The highest BCUT2D eigenvalue weighted by molar-refractivity contribution is 5.86. The molecule has 0 amide bonds. The van der Waals surface area contributed by atoms with Gasteiger partial charge in [-0.3, -0.25) is 4.99 Å². The lowest BCUT2D eigenvalue weighted by Gasteiger charge is -2.11. The Kier molecular flexibility index (Phi) is 2.47. The van der Waals surface area contributed by atoms with Gasteiger partial charge < -0.3 is 0 Å². The van der Waals surface area contributed by atoms with Crippen molar-refractivity contribution in [2.24, 2.45) is 16.8 Å². The molecule has 0 radical (unpaired) electrons. The smallest absolute Gasteiger partial charge is 0.0276 e. The molecule has 0 spiro atoms. The van der Waals surface area contributed by atoms with Crippen LogP contribution >= 0.6 is 0 Å². The Bertz CT molecular complexity index is 136. The van der Waals surface area contributed by atoms with Crippen LogP contribution < -0.4 is 0 Å². The zero-order valence-corrected chi connectivity index (χ0v) is 7.22. The molecule has 1 saturated carbocycles. The summed E-state index contributed by atoms with van der Waals surface area (Å²) >= 11 is 0. The molecule has 1 unspecified atom stereocenters. The van der Waals surface area contributed by atoms with Crippen molar-refractivity contribution >= 4 is 5.71 Å². The Balaban J connectivity index is 2.43. The number of nitrogens with zero attached hydrogens (tertiary/aromatic N) is 1. The zero-order chi connectivity index (χ0) is 7.56. The maximum atomic E-state index is 4.24. The quantitative estimate of drug-likeness (QED) is 0.529. The predicted molar refractivity (Wildman–Crippen MR) is 45.5 cm³/mol. The summed E-state index contributed by atoms with van der Waals surface area (Å²) in [5, 5.41) is 0. The standard InChI is InChI=1S/C9H17N/c1-7(2)8-4-5-9(6-8)10-3/h7-8H,4-6H2,1-3H3/b10-9-. The molecule has 0 aromatic rings. The van der Waals surface area contributed by atoms with E-state index in [0.29, 0.717) is 0 Å². The highest BCUT2D eigenvalue weighted by Gasteiger charge is 2.22. The lowest BCUT2D eigenvalue weighted by Crippen LogP contribution is -2.03. The van der Waals surface area contributed by atoms with Crippen molar-refractivity contribution in [1.29, 1.82) is 0 Å². The van der Waals surface area contributed by atoms with Crippen molar-refractivity contribution in [2.45, 2.75) is 33.1 Å². The second-order valence-electron chi connectivity index (χ2n) is 3.54. The number of aliphatic imine (C=N–C) groups is 1. The predicted octanol–water partition coefficient (Wildman–Crippen LogP) is 2.51. The largest absolute Gasteiger partial charge is 0.297 e. The fraction of sp³-hybridized carbons (Fsp3) is 0.889. The molecule has 10 heavy (non-hydrogen) atoms. The molecule has 0 aliphatic heterocycles. The van der Waals surface area contributed by atoms with E-state index in [-0.39, 0.29) is 0 Å². The average molecular weight is 139 g/mol. The van der Waals surface area contributed by atoms with Crippen LogP contribution in [0.1, 0.15) is 33.1 Å². The summed E-state index contributed by atoms with van der Waals surface area (Å²) in [5.41, 5.74) is 1.43. The van der Waals surface area contributed by atoms with Gasteiger partial charge in [0.1, 0.15) is 0 Å². The summed E-state index contributed by atoms with van der Waals surface area (Å²) in [6.07, 6.45) is 3.87. The van der Waals surface area contributed by atoms with Gasteiger partial charge in [0.2, 0.25) is 0 Å². The Morgan fingerprint density at radius 1 is 1.50 bits per heavy atom. The van der Waals surface area contributed by atoms with Crippen LogP contribution in [-0.4, -0.2) is 12.8 Å². The molecule has 0 bridgehead atoms. The first-order chi connectivity index (χ1) is 4.74. The molecule has 1 aliphatic rings. The van der Waals surface area contributed by atoms with Gasteiger partial charge in [-0.2, -0.15) is 0 Å². The minimum Gasteiger partial charge on any atom is -0.297 e. The van der Waals surface area contributed by atoms with Crippen LogP contribution in [0.3, 0.4) is 0 Å². The molecular weight excluding hydrogens is 122 g/mol. The van der Waals surface area contributed by atoms with Gasteiger partial charge in [-0.25, -0.2) is 0 Å². The number of hydrogen-bond donors (Lipinski definition) is 0. The molecule has 0 heterocycles. The van der Waals surface area contributed by atoms with Gasteiger partial charge >= 0.3 is 0 Å². The third kappa shape index (κ3) is 1.59. The lowest BCUT2D eigenvalue weighted by molar-refractivity contribution is 0.404. The van der Waals surface area contributed by atoms with E-state index in [1.54, 1.807) is 0 Å². The first-order valence-electron chi connectivity index (χ1n) is 4.18. The molecule has 0 saturated heterocycles. The molecule has 1 heteroatoms. The Hall–Kier alpha value is -0.330. The van der Waals surface area contributed by atoms with Crippen LogP contribution in [0.2, 0.25) is 0 Å². The van der Waals surface area contributed by atoms with E-state index < -0.39 is 0 Å². The molecule has 0 aromatic carbocycles. The zero-order valence-electron chi connectivity index (χ0n) is 7.22. The van der Waals surface area contributed by atoms with Crippen molar-refractivity contribution in [3.05, 3.63) is 0 Å². The number of rotatable bonds is 1.